The first-order valence-corrected chi connectivity index (χ1v) is 5.05. The molecular weight excluding hydrogens is 216 g/mol. The molecule has 0 aliphatic rings. The second-order valence-corrected chi connectivity index (χ2v) is 4.49. The zero-order valence-corrected chi connectivity index (χ0v) is 9.94. The Kier molecular flexibility index (Phi) is 3.50. The Balaban J connectivity index is 3.17. The number of nitrogens with zero attached hydrogens (tertiary/aromatic N) is 2. The number of rotatable bonds is 1. The maximum atomic E-state index is 11.8. The molecule has 0 saturated carbocycles. The first-order valence-electron chi connectivity index (χ1n) is 5.05. The lowest BCUT2D eigenvalue weighted by molar-refractivity contribution is 0.00692. The highest BCUT2D eigenvalue weighted by Crippen LogP contribution is 2.16. The number of hydrogen-bond acceptors (Lipinski definition) is 4. The average molecular weight is 228 g/mol. The third-order valence-electron chi connectivity index (χ3n) is 1.89. The molecule has 0 N–H and O–H groups in total. The molecule has 4 heteroatoms. The fraction of sp³-hybridized carbons (Fsp3) is 0.308. The van der Waals surface area contributed by atoms with Crippen LogP contribution in [0, 0.1) is 22.7 Å². The van der Waals surface area contributed by atoms with Crippen LogP contribution in [0.5, 0.6) is 0 Å². The second-order valence-electron chi connectivity index (χ2n) is 4.49. The molecule has 0 heterocycles. The normalized spacial score (nSPS) is 10.2. The molecule has 0 unspecified atom stereocenters. The lowest BCUT2D eigenvalue weighted by Gasteiger charge is -2.19. The van der Waals surface area contributed by atoms with E-state index in [1.807, 2.05) is 12.1 Å². The third kappa shape index (κ3) is 3.32. The molecule has 1 rings (SSSR count). The van der Waals surface area contributed by atoms with Crippen LogP contribution in [0.4, 0.5) is 0 Å². The lowest BCUT2D eigenvalue weighted by Crippen LogP contribution is -2.24. The first-order chi connectivity index (χ1) is 7.87. The summed E-state index contributed by atoms with van der Waals surface area (Å²) in [6.07, 6.45) is 0. The van der Waals surface area contributed by atoms with Crippen LogP contribution in [-0.4, -0.2) is 11.6 Å². The molecule has 0 aromatic heterocycles. The summed E-state index contributed by atoms with van der Waals surface area (Å²) in [7, 11) is 0. The Morgan fingerprint density at radius 2 is 1.88 bits per heavy atom. The summed E-state index contributed by atoms with van der Waals surface area (Å²) in [6.45, 7) is 5.22. The standard InChI is InChI=1S/C13H12N2O2/c1-13(2,3)17-12(16)11-6-9(7-14)4-5-10(11)8-15/h4-6H,1-3H3. The topological polar surface area (TPSA) is 73.9 Å². The predicted octanol–water partition coefficient (Wildman–Crippen LogP) is 2.39. The van der Waals surface area contributed by atoms with E-state index in [9.17, 15) is 4.79 Å². The van der Waals surface area contributed by atoms with Gasteiger partial charge in [-0.05, 0) is 39.0 Å². The van der Waals surface area contributed by atoms with Crippen molar-refractivity contribution in [2.45, 2.75) is 26.4 Å². The number of carbonyl (C=O) groups excluding carboxylic acids is 1. The largest absolute Gasteiger partial charge is 0.456 e. The highest BCUT2D eigenvalue weighted by Gasteiger charge is 2.20. The van der Waals surface area contributed by atoms with Crippen molar-refractivity contribution < 1.29 is 9.53 Å². The van der Waals surface area contributed by atoms with Crippen LogP contribution in [0.3, 0.4) is 0 Å². The molecule has 86 valence electrons. The Bertz CT molecular complexity index is 528. The van der Waals surface area contributed by atoms with Crippen molar-refractivity contribution in [2.75, 3.05) is 0 Å². The summed E-state index contributed by atoms with van der Waals surface area (Å²) >= 11 is 0. The first kappa shape index (κ1) is 12.7. The van der Waals surface area contributed by atoms with Crippen LogP contribution in [-0.2, 0) is 4.74 Å². The number of carbonyl (C=O) groups is 1. The van der Waals surface area contributed by atoms with Gasteiger partial charge in [0.25, 0.3) is 0 Å². The van der Waals surface area contributed by atoms with E-state index in [0.717, 1.165) is 0 Å². The lowest BCUT2D eigenvalue weighted by atomic mass is 10.0. The van der Waals surface area contributed by atoms with Crippen LogP contribution < -0.4 is 0 Å². The van der Waals surface area contributed by atoms with Crippen molar-refractivity contribution in [1.82, 2.24) is 0 Å². The van der Waals surface area contributed by atoms with Gasteiger partial charge in [0.05, 0.1) is 22.8 Å². The number of hydrogen-bond donors (Lipinski definition) is 0. The number of benzene rings is 1. The highest BCUT2D eigenvalue weighted by atomic mass is 16.6. The van der Waals surface area contributed by atoms with Gasteiger partial charge >= 0.3 is 5.97 Å². The van der Waals surface area contributed by atoms with Gasteiger partial charge in [0.2, 0.25) is 0 Å². The molecule has 17 heavy (non-hydrogen) atoms. The molecule has 0 fully saturated rings. The van der Waals surface area contributed by atoms with Gasteiger partial charge in [-0.1, -0.05) is 0 Å². The summed E-state index contributed by atoms with van der Waals surface area (Å²) in [5.41, 5.74) is 0.0245. The van der Waals surface area contributed by atoms with Crippen LogP contribution in [0.1, 0.15) is 42.3 Å². The molecule has 0 bridgehead atoms. The summed E-state index contributed by atoms with van der Waals surface area (Å²) in [4.78, 5) is 11.8. The molecule has 0 radical (unpaired) electrons. The highest BCUT2D eigenvalue weighted by molar-refractivity contribution is 5.92. The minimum absolute atomic E-state index is 0.126. The fourth-order valence-electron chi connectivity index (χ4n) is 1.21. The summed E-state index contributed by atoms with van der Waals surface area (Å²) in [5.74, 6) is -0.592. The van der Waals surface area contributed by atoms with Gasteiger partial charge < -0.3 is 4.74 Å². The van der Waals surface area contributed by atoms with Gasteiger partial charge in [-0.15, -0.1) is 0 Å². The van der Waals surface area contributed by atoms with Crippen LogP contribution in [0.25, 0.3) is 0 Å². The number of esters is 1. The molecule has 0 saturated heterocycles. The van der Waals surface area contributed by atoms with Crippen molar-refractivity contribution in [3.8, 4) is 12.1 Å². The SMILES string of the molecule is CC(C)(C)OC(=O)c1cc(C#N)ccc1C#N. The van der Waals surface area contributed by atoms with E-state index in [4.69, 9.17) is 15.3 Å². The van der Waals surface area contributed by atoms with Crippen molar-refractivity contribution in [3.63, 3.8) is 0 Å². The quantitative estimate of drug-likeness (QED) is 0.691. The van der Waals surface area contributed by atoms with Crippen molar-refractivity contribution in [1.29, 1.82) is 10.5 Å². The number of nitriles is 2. The van der Waals surface area contributed by atoms with E-state index in [1.165, 1.54) is 18.2 Å². The van der Waals surface area contributed by atoms with Gasteiger partial charge in [0, 0.05) is 0 Å². The van der Waals surface area contributed by atoms with Gasteiger partial charge in [0.15, 0.2) is 0 Å². The molecule has 1 aromatic carbocycles. The summed E-state index contributed by atoms with van der Waals surface area (Å²) < 4.78 is 5.17. The second kappa shape index (κ2) is 4.67. The predicted molar refractivity (Wildman–Crippen MR) is 61.0 cm³/mol. The molecule has 0 amide bonds. The minimum Gasteiger partial charge on any atom is -0.456 e. The molecule has 1 aromatic rings. The molecule has 0 aliphatic heterocycles. The number of ether oxygens (including phenoxy) is 1. The Labute approximate surface area is 100 Å². The zero-order valence-electron chi connectivity index (χ0n) is 9.94. The molecular formula is C13H12N2O2. The van der Waals surface area contributed by atoms with Gasteiger partial charge in [0.1, 0.15) is 11.7 Å². The van der Waals surface area contributed by atoms with Crippen molar-refractivity contribution in [3.05, 3.63) is 34.9 Å². The van der Waals surface area contributed by atoms with Crippen LogP contribution in [0.2, 0.25) is 0 Å². The van der Waals surface area contributed by atoms with E-state index < -0.39 is 11.6 Å². The van der Waals surface area contributed by atoms with Gasteiger partial charge in [-0.25, -0.2) is 4.79 Å². The van der Waals surface area contributed by atoms with E-state index in [1.54, 1.807) is 20.8 Å². The van der Waals surface area contributed by atoms with E-state index in [-0.39, 0.29) is 11.1 Å². The van der Waals surface area contributed by atoms with Crippen LogP contribution >= 0.6 is 0 Å². The zero-order chi connectivity index (χ0) is 13.1. The van der Waals surface area contributed by atoms with Gasteiger partial charge in [-0.3, -0.25) is 0 Å². The Morgan fingerprint density at radius 1 is 1.24 bits per heavy atom. The Hall–Kier alpha value is -2.33. The third-order valence-corrected chi connectivity index (χ3v) is 1.89. The summed E-state index contributed by atoms with van der Waals surface area (Å²) in [5, 5.41) is 17.6. The van der Waals surface area contributed by atoms with Crippen molar-refractivity contribution in [2.24, 2.45) is 0 Å². The minimum atomic E-state index is -0.632. The van der Waals surface area contributed by atoms with E-state index in [0.29, 0.717) is 5.56 Å². The molecule has 4 nitrogen and oxygen atoms in total. The smallest absolute Gasteiger partial charge is 0.340 e. The molecule has 0 spiro atoms. The maximum Gasteiger partial charge on any atom is 0.340 e. The maximum absolute atomic E-state index is 11.8. The Morgan fingerprint density at radius 3 is 2.35 bits per heavy atom. The van der Waals surface area contributed by atoms with Gasteiger partial charge in [-0.2, -0.15) is 10.5 Å². The van der Waals surface area contributed by atoms with E-state index in [2.05, 4.69) is 0 Å². The average Bonchev–Trinajstić information content (AvgIpc) is 2.25. The monoisotopic (exact) mass is 228 g/mol. The van der Waals surface area contributed by atoms with E-state index >= 15 is 0 Å². The summed E-state index contributed by atoms with van der Waals surface area (Å²) in [6, 6.07) is 8.12. The van der Waals surface area contributed by atoms with Crippen molar-refractivity contribution >= 4 is 5.97 Å². The van der Waals surface area contributed by atoms with Crippen LogP contribution in [0.15, 0.2) is 18.2 Å². The molecule has 0 aliphatic carbocycles. The fourth-order valence-corrected chi connectivity index (χ4v) is 1.21. The molecule has 0 atom stereocenters.